The van der Waals surface area contributed by atoms with Crippen LogP contribution in [0.5, 0.6) is 0 Å². The first-order valence-electron chi connectivity index (χ1n) is 44.5. The van der Waals surface area contributed by atoms with Gasteiger partial charge in [-0.3, -0.25) is 19.1 Å². The van der Waals surface area contributed by atoms with E-state index in [4.69, 9.17) is 77.2 Å². The number of aryl methyl sites for hydroxylation is 1. The fraction of sp³-hybridized carbons (Fsp3) is 0.273. The number of aliphatic hydroxyl groups is 1. The number of carboxylic acids is 1. The Balaban J connectivity index is 0.000000139. The van der Waals surface area contributed by atoms with Gasteiger partial charge in [-0.15, -0.1) is 0 Å². The number of halogens is 13. The van der Waals surface area contributed by atoms with Crippen molar-refractivity contribution in [2.45, 2.75) is 168 Å². The minimum atomic E-state index is -1.59. The minimum Gasteiger partial charge on any atom is -0.545 e. The molecule has 0 unspecified atom stereocenters. The predicted molar refractivity (Wildman–Crippen MR) is 524 cm³/mol. The summed E-state index contributed by atoms with van der Waals surface area (Å²) in [5, 5.41) is 42.2. The van der Waals surface area contributed by atoms with Crippen LogP contribution in [0.4, 0.5) is 35.1 Å². The maximum Gasteiger partial charge on any atom is 1.00 e. The van der Waals surface area contributed by atoms with Gasteiger partial charge in [0.25, 0.3) is 0 Å². The zero-order valence-corrected chi connectivity index (χ0v) is 85.6. The van der Waals surface area contributed by atoms with E-state index in [-0.39, 0.29) is 142 Å². The van der Waals surface area contributed by atoms with Crippen LogP contribution in [0.3, 0.4) is 0 Å². The molecule has 0 saturated heterocycles. The Labute approximate surface area is 865 Å². The summed E-state index contributed by atoms with van der Waals surface area (Å²) < 4.78 is 150. The number of aliphatic hydroxyl groups excluding tert-OH is 1. The van der Waals surface area contributed by atoms with Gasteiger partial charge in [0.1, 0.15) is 5.82 Å². The maximum absolute atomic E-state index is 15.5. The van der Waals surface area contributed by atoms with Crippen molar-refractivity contribution in [3.05, 3.63) is 283 Å². The Morgan fingerprint density at radius 3 is 0.936 bits per heavy atom. The molecule has 0 aliphatic heterocycles. The number of aromatic carboxylic acids is 1. The number of alkyl halides is 1. The van der Waals surface area contributed by atoms with Gasteiger partial charge in [-0.1, -0.05) is 147 Å². The number of ether oxygens (including phenoxy) is 3. The number of carbonyl (C=O) groups excluding carboxylic acids is 4. The van der Waals surface area contributed by atoms with Crippen molar-refractivity contribution < 1.29 is 108 Å². The molecule has 8 aromatic heterocycles. The van der Waals surface area contributed by atoms with Gasteiger partial charge >= 0.3 is 47.5 Å². The van der Waals surface area contributed by atoms with Crippen LogP contribution < -0.4 is 46.1 Å². The molecule has 0 bridgehead atoms. The summed E-state index contributed by atoms with van der Waals surface area (Å²) in [6.45, 7) is 10.4. The van der Waals surface area contributed by atoms with E-state index in [9.17, 15) is 28.7 Å². The quantitative estimate of drug-likeness (QED) is 0.0107. The number of hydrogen-bond acceptors (Lipinski definition) is 19. The minimum absolute atomic E-state index is 0. The van der Waals surface area contributed by atoms with E-state index in [0.29, 0.717) is 91.6 Å². The van der Waals surface area contributed by atoms with Crippen LogP contribution >= 0.6 is 109 Å². The molecule has 41 heteroatoms. The van der Waals surface area contributed by atoms with E-state index in [0.717, 1.165) is 125 Å². The van der Waals surface area contributed by atoms with Crippen molar-refractivity contribution in [1.82, 2.24) is 57.8 Å². The maximum atomic E-state index is 15.5. The number of rotatable bonds is 30. The van der Waals surface area contributed by atoms with Crippen LogP contribution in [0.25, 0.3) is 66.4 Å². The molecule has 0 atom stereocenters. The fourth-order valence-corrected chi connectivity index (χ4v) is 21.7. The van der Waals surface area contributed by atoms with Gasteiger partial charge in [-0.2, -0.15) is 20.4 Å². The Morgan fingerprint density at radius 1 is 0.421 bits per heavy atom. The van der Waals surface area contributed by atoms with Crippen molar-refractivity contribution in [2.75, 3.05) is 44.8 Å². The summed E-state index contributed by atoms with van der Waals surface area (Å²) in [6, 6.07) is 31.0. The monoisotopic (exact) mass is 2140 g/mol. The molecule has 6 N–H and O–H groups in total. The largest absolute Gasteiger partial charge is 1.00 e. The number of fused-ring (bicyclic) bond motifs is 4. The molecule has 4 fully saturated rings. The second kappa shape index (κ2) is 46.2. The number of benzene rings is 8. The fourth-order valence-electron chi connectivity index (χ4n) is 16.3. The van der Waals surface area contributed by atoms with Crippen LogP contribution in [0.1, 0.15) is 173 Å². The summed E-state index contributed by atoms with van der Waals surface area (Å²) in [5.41, 5.74) is 17.9. The number of aromatic amines is 1. The van der Waals surface area contributed by atoms with E-state index in [1.165, 1.54) is 89.9 Å². The first-order chi connectivity index (χ1) is 67.2. The molecule has 4 aliphatic carbocycles. The number of esters is 3. The zero-order chi connectivity index (χ0) is 98.5. The van der Waals surface area contributed by atoms with E-state index in [2.05, 4.69) is 48.3 Å². The van der Waals surface area contributed by atoms with Gasteiger partial charge in [-0.25, -0.2) is 49.5 Å². The first kappa shape index (κ1) is 104. The third kappa shape index (κ3) is 21.9. The molecular weight excluding hydrogens is 2050 g/mol. The number of nitrogens with two attached hydrogens (primary N) is 2. The topological polar surface area (TPSA) is 293 Å². The van der Waals surface area contributed by atoms with Gasteiger partial charge in [0.2, 0.25) is 0 Å². The number of carbonyl (C=O) groups is 4. The SMILES string of the molecule is CCCn1cc(-n2c(C3CC3)c(Sc3cccc(C(=O)OCC)c3F)c3ccc(Cl)c(F)c32)cn1.CCOC(=O)c1cccc(Sc2c(C3CC3)n(-c3cn[nH]c3)c3c(F)c(Cl)ccc23)c1F.CCOC(=O)c1cccc(Sc2c(C3CC3)n(-c3cnn(CCN)c3)c3c(F)c(Cl)ccc23)c1F.NCCn1cc(-n2c(C3CC3)c(Sc3cccc(C(=O)[O-])c3F)c3ccc(Cl)c(F)c32)cn1.OCCBr.[Na+]. The third-order valence-electron chi connectivity index (χ3n) is 22.9. The molecule has 0 amide bonds. The molecule has 140 heavy (non-hydrogen) atoms. The molecule has 8 heterocycles. The van der Waals surface area contributed by atoms with E-state index in [1.807, 2.05) is 30.8 Å². The number of aromatic nitrogens is 12. The molecule has 16 aromatic rings. The number of carboxylic acid groups (broad SMARTS) is 1. The number of H-pyrrole nitrogens is 1. The summed E-state index contributed by atoms with van der Waals surface area (Å²) in [6.07, 6.45) is 22.2. The van der Waals surface area contributed by atoms with Gasteiger partial charge in [0.15, 0.2) is 40.7 Å². The Morgan fingerprint density at radius 2 is 0.693 bits per heavy atom. The predicted octanol–water partition coefficient (Wildman–Crippen LogP) is 21.3. The second-order valence-electron chi connectivity index (χ2n) is 32.5. The van der Waals surface area contributed by atoms with Gasteiger partial charge < -0.3 is 59.0 Å². The molecule has 4 saturated carbocycles. The molecule has 8 aromatic carbocycles. The molecule has 0 radical (unpaired) electrons. The van der Waals surface area contributed by atoms with Gasteiger partial charge in [0.05, 0.1) is 152 Å². The van der Waals surface area contributed by atoms with Gasteiger partial charge in [-0.05, 0) is 170 Å². The summed E-state index contributed by atoms with van der Waals surface area (Å²) in [7, 11) is 0. The van der Waals surface area contributed by atoms with E-state index < -0.39 is 76.0 Å². The van der Waals surface area contributed by atoms with Crippen molar-refractivity contribution in [3.63, 3.8) is 0 Å². The molecule has 20 rings (SSSR count). The Hall–Kier alpha value is -10.0. The van der Waals surface area contributed by atoms with E-state index >= 15 is 30.7 Å². The van der Waals surface area contributed by atoms with Crippen LogP contribution in [-0.4, -0.2) is 132 Å². The van der Waals surface area contributed by atoms with E-state index in [1.54, 1.807) is 133 Å². The second-order valence-corrected chi connectivity index (χ2v) is 39.1. The Kier molecular flexibility index (Phi) is 34.4. The number of hydrogen-bond donors (Lipinski definition) is 4. The average molecular weight is 2140 g/mol. The standard InChI is InChI=1S/C26H24ClF2N3O2S.C25H23ClF2N4O2S.C23H19ClF2N4O2S.C23H18ClF2N3O2S.C2H5BrO.Na/c1-3-12-31-14-16(13-30-31)32-23(15-8-9-15)25(18-10-11-19(27)22(29)24(18)32)35-20-7-5-6-17(21(20)28)26(33)34-4-2;1-2-34-25(33)16-4-3-5-19(20(16)27)35-24-17-8-9-18(26)21(28)23(17)32(22(24)14-6-7-14)15-12-30-31(13-15)11-10-29;24-16-7-6-15-21(19(16)26)30(13-10-28-29(11-13)9-8-27)20(12-4-5-12)22(15)33-17-3-1-2-14(18(17)25)23(31)32;1-2-31-23(30)14-4-3-5-17(18(14)25)32-22-15-8-9-16(24)19(26)21(15)29(13-10-27-28-11-13)20(22)12-6-7-12;3-1-2-4;/h5-7,10-11,13-15H,3-4,8-9,12H2,1-2H3;3-5,8-9,12-14H,2,6-7,10-11,29H2,1H3;1-3,6-7,10-12H,4-5,8-9,27H2,(H,31,32);3-5,8-12H,2,6-7H2,1H3,(H,27,28);4H,1-2H2;/q;;;;;+1/p-1. The van der Waals surface area contributed by atoms with Gasteiger partial charge in [0, 0.05) is 162 Å². The van der Waals surface area contributed by atoms with Crippen molar-refractivity contribution in [1.29, 1.82) is 0 Å². The van der Waals surface area contributed by atoms with Crippen molar-refractivity contribution in [2.24, 2.45) is 11.5 Å². The summed E-state index contributed by atoms with van der Waals surface area (Å²) in [5.74, 6) is -8.06. The summed E-state index contributed by atoms with van der Waals surface area (Å²) >= 11 is 32.3. The number of nitrogens with zero attached hydrogens (tertiary/aromatic N) is 11. The zero-order valence-electron chi connectivity index (χ0n) is 75.7. The molecular formula is C99H88BrCl4F8N14NaO9S4. The number of nitrogens with one attached hydrogen (secondary N) is 1. The Bertz CT molecular complexity index is 7130. The normalized spacial score (nSPS) is 13.3. The molecule has 724 valence electrons. The third-order valence-corrected chi connectivity index (χ3v) is 29.1. The molecule has 4 aliphatic rings. The average Bonchev–Trinajstić information content (AvgIpc) is 1.58. The van der Waals surface area contributed by atoms with Crippen LogP contribution in [-0.2, 0) is 33.8 Å². The van der Waals surface area contributed by atoms with Crippen LogP contribution in [0, 0.1) is 46.5 Å². The summed E-state index contributed by atoms with van der Waals surface area (Å²) in [4.78, 5) is 51.7. The molecule has 23 nitrogen and oxygen atoms in total. The van der Waals surface area contributed by atoms with Crippen LogP contribution in [0.15, 0.2) is 210 Å². The smallest absolute Gasteiger partial charge is 0.545 e. The first-order valence-corrected chi connectivity index (χ1v) is 50.4. The molecule has 0 spiro atoms. The van der Waals surface area contributed by atoms with Crippen molar-refractivity contribution >= 4 is 177 Å². The van der Waals surface area contributed by atoms with Crippen LogP contribution in [0.2, 0.25) is 20.1 Å². The van der Waals surface area contributed by atoms with Crippen molar-refractivity contribution in [3.8, 4) is 22.7 Å².